The van der Waals surface area contributed by atoms with Gasteiger partial charge in [0.15, 0.2) is 5.15 Å². The molecule has 1 saturated heterocycles. The van der Waals surface area contributed by atoms with E-state index in [1.807, 2.05) is 6.07 Å². The highest BCUT2D eigenvalue weighted by atomic mass is 35.5. The molecule has 1 fully saturated rings. The van der Waals surface area contributed by atoms with Crippen molar-refractivity contribution in [3.8, 4) is 0 Å². The molecule has 1 aromatic heterocycles. The fourth-order valence-electron chi connectivity index (χ4n) is 1.59. The third-order valence-electron chi connectivity index (χ3n) is 2.48. The van der Waals surface area contributed by atoms with Crippen LogP contribution in [0.15, 0.2) is 12.1 Å². The van der Waals surface area contributed by atoms with Crippen molar-refractivity contribution in [3.05, 3.63) is 23.0 Å². The maximum Gasteiger partial charge on any atom is 0.151 e. The van der Waals surface area contributed by atoms with Gasteiger partial charge in [-0.2, -0.15) is 5.10 Å². The summed E-state index contributed by atoms with van der Waals surface area (Å²) in [6, 6.07) is 4.19. The van der Waals surface area contributed by atoms with Gasteiger partial charge in [0, 0.05) is 25.8 Å². The van der Waals surface area contributed by atoms with Gasteiger partial charge in [-0.15, -0.1) is 5.10 Å². The number of aromatic nitrogens is 2. The first-order valence-electron chi connectivity index (χ1n) is 5.14. The Bertz CT molecular complexity index is 298. The largest absolute Gasteiger partial charge is 0.381 e. The van der Waals surface area contributed by atoms with Gasteiger partial charge in [-0.3, -0.25) is 0 Å². The molecule has 0 radical (unpaired) electrons. The molecule has 0 amide bonds. The van der Waals surface area contributed by atoms with Gasteiger partial charge in [0.25, 0.3) is 0 Å². The second-order valence-corrected chi connectivity index (χ2v) is 4.00. The molecule has 0 unspecified atom stereocenters. The molecule has 2 heterocycles. The van der Waals surface area contributed by atoms with Gasteiger partial charge >= 0.3 is 0 Å². The van der Waals surface area contributed by atoms with Crippen molar-refractivity contribution < 1.29 is 4.74 Å². The summed E-state index contributed by atoms with van der Waals surface area (Å²) in [5.41, 5.74) is 0.922. The first kappa shape index (κ1) is 10.8. The molecule has 0 atom stereocenters. The van der Waals surface area contributed by atoms with Crippen molar-refractivity contribution >= 4 is 11.6 Å². The minimum Gasteiger partial charge on any atom is -0.381 e. The van der Waals surface area contributed by atoms with E-state index in [0.717, 1.165) is 38.3 Å². The third-order valence-corrected chi connectivity index (χ3v) is 2.68. The molecule has 1 aliphatic rings. The van der Waals surface area contributed by atoms with Crippen LogP contribution in [0.4, 0.5) is 0 Å². The van der Waals surface area contributed by atoms with Gasteiger partial charge in [-0.05, 0) is 25.0 Å². The fourth-order valence-corrected chi connectivity index (χ4v) is 1.69. The van der Waals surface area contributed by atoms with Gasteiger partial charge in [-0.1, -0.05) is 11.6 Å². The van der Waals surface area contributed by atoms with Crippen molar-refractivity contribution in [2.45, 2.75) is 25.4 Å². The predicted molar refractivity (Wildman–Crippen MR) is 57.7 cm³/mol. The predicted octanol–water partition coefficient (Wildman–Crippen LogP) is 1.40. The highest BCUT2D eigenvalue weighted by molar-refractivity contribution is 6.29. The summed E-state index contributed by atoms with van der Waals surface area (Å²) in [5, 5.41) is 11.6. The van der Waals surface area contributed by atoms with Crippen LogP contribution in [0.1, 0.15) is 18.5 Å². The Labute approximate surface area is 94.0 Å². The molecule has 5 heteroatoms. The average Bonchev–Trinajstić information content (AvgIpc) is 2.30. The van der Waals surface area contributed by atoms with E-state index in [0.29, 0.717) is 11.2 Å². The van der Waals surface area contributed by atoms with Crippen molar-refractivity contribution in [2.24, 2.45) is 0 Å². The number of nitrogens with zero attached hydrogens (tertiary/aromatic N) is 2. The average molecular weight is 228 g/mol. The lowest BCUT2D eigenvalue weighted by Crippen LogP contribution is -2.34. The first-order chi connectivity index (χ1) is 7.34. The van der Waals surface area contributed by atoms with E-state index in [1.165, 1.54) is 0 Å². The number of rotatable bonds is 3. The Morgan fingerprint density at radius 1 is 1.33 bits per heavy atom. The molecule has 82 valence electrons. The lowest BCUT2D eigenvalue weighted by molar-refractivity contribution is 0.0775. The molecule has 4 nitrogen and oxygen atoms in total. The monoisotopic (exact) mass is 227 g/mol. The van der Waals surface area contributed by atoms with E-state index in [2.05, 4.69) is 15.5 Å². The van der Waals surface area contributed by atoms with Gasteiger partial charge in [0.1, 0.15) is 0 Å². The van der Waals surface area contributed by atoms with Crippen LogP contribution in [0, 0.1) is 0 Å². The quantitative estimate of drug-likeness (QED) is 0.848. The van der Waals surface area contributed by atoms with Crippen LogP contribution in [0.2, 0.25) is 5.15 Å². The summed E-state index contributed by atoms with van der Waals surface area (Å²) in [4.78, 5) is 0. The third kappa shape index (κ3) is 3.41. The number of halogens is 1. The molecule has 1 aromatic rings. The summed E-state index contributed by atoms with van der Waals surface area (Å²) in [6.07, 6.45) is 2.14. The number of nitrogens with one attached hydrogen (secondary N) is 1. The standard InChI is InChI=1S/C10H14ClN3O/c11-10-2-1-9(13-14-10)7-12-8-3-5-15-6-4-8/h1-2,8,12H,3-7H2. The van der Waals surface area contributed by atoms with Crippen LogP contribution in [-0.4, -0.2) is 29.5 Å². The van der Waals surface area contributed by atoms with Gasteiger partial charge in [-0.25, -0.2) is 0 Å². The van der Waals surface area contributed by atoms with E-state index in [4.69, 9.17) is 16.3 Å². The van der Waals surface area contributed by atoms with E-state index in [-0.39, 0.29) is 0 Å². The van der Waals surface area contributed by atoms with Gasteiger partial charge in [0.2, 0.25) is 0 Å². The summed E-state index contributed by atoms with van der Waals surface area (Å²) >= 11 is 5.65. The fraction of sp³-hybridized carbons (Fsp3) is 0.600. The number of hydrogen-bond acceptors (Lipinski definition) is 4. The normalized spacial score (nSPS) is 17.9. The molecular weight excluding hydrogens is 214 g/mol. The van der Waals surface area contributed by atoms with E-state index in [1.54, 1.807) is 6.07 Å². The Kier molecular flexibility index (Phi) is 3.88. The molecule has 0 saturated carbocycles. The SMILES string of the molecule is Clc1ccc(CNC2CCOCC2)nn1. The topological polar surface area (TPSA) is 47.0 Å². The van der Waals surface area contributed by atoms with Gasteiger partial charge < -0.3 is 10.1 Å². The minimum absolute atomic E-state index is 0.435. The van der Waals surface area contributed by atoms with Crippen LogP contribution < -0.4 is 5.32 Å². The summed E-state index contributed by atoms with van der Waals surface area (Å²) in [5.74, 6) is 0. The zero-order valence-corrected chi connectivity index (χ0v) is 9.20. The summed E-state index contributed by atoms with van der Waals surface area (Å²) in [7, 11) is 0. The smallest absolute Gasteiger partial charge is 0.151 e. The van der Waals surface area contributed by atoms with Crippen LogP contribution in [0.25, 0.3) is 0 Å². The molecule has 0 bridgehead atoms. The Balaban J connectivity index is 1.79. The number of hydrogen-bond donors (Lipinski definition) is 1. The van der Waals surface area contributed by atoms with E-state index in [9.17, 15) is 0 Å². The minimum atomic E-state index is 0.435. The Morgan fingerprint density at radius 3 is 2.80 bits per heavy atom. The second-order valence-electron chi connectivity index (χ2n) is 3.61. The van der Waals surface area contributed by atoms with Crippen molar-refractivity contribution in [3.63, 3.8) is 0 Å². The summed E-state index contributed by atoms with van der Waals surface area (Å²) in [6.45, 7) is 2.45. The maximum atomic E-state index is 5.65. The molecular formula is C10H14ClN3O. The molecule has 2 rings (SSSR count). The Hall–Kier alpha value is -0.710. The molecule has 15 heavy (non-hydrogen) atoms. The van der Waals surface area contributed by atoms with Crippen molar-refractivity contribution in [1.29, 1.82) is 0 Å². The molecule has 0 aromatic carbocycles. The second kappa shape index (κ2) is 5.39. The van der Waals surface area contributed by atoms with Crippen LogP contribution in [-0.2, 0) is 11.3 Å². The Morgan fingerprint density at radius 2 is 2.13 bits per heavy atom. The molecule has 1 aliphatic heterocycles. The van der Waals surface area contributed by atoms with Crippen LogP contribution in [0.3, 0.4) is 0 Å². The highest BCUT2D eigenvalue weighted by Crippen LogP contribution is 2.07. The van der Waals surface area contributed by atoms with Crippen LogP contribution in [0.5, 0.6) is 0 Å². The lowest BCUT2D eigenvalue weighted by Gasteiger charge is -2.22. The van der Waals surface area contributed by atoms with E-state index < -0.39 is 0 Å². The van der Waals surface area contributed by atoms with Crippen molar-refractivity contribution in [1.82, 2.24) is 15.5 Å². The zero-order valence-electron chi connectivity index (χ0n) is 8.45. The van der Waals surface area contributed by atoms with Gasteiger partial charge in [0.05, 0.1) is 5.69 Å². The molecule has 0 aliphatic carbocycles. The highest BCUT2D eigenvalue weighted by Gasteiger charge is 2.12. The summed E-state index contributed by atoms with van der Waals surface area (Å²) < 4.78 is 5.28. The zero-order chi connectivity index (χ0) is 10.5. The first-order valence-corrected chi connectivity index (χ1v) is 5.51. The van der Waals surface area contributed by atoms with E-state index >= 15 is 0 Å². The van der Waals surface area contributed by atoms with Crippen molar-refractivity contribution in [2.75, 3.05) is 13.2 Å². The molecule has 0 spiro atoms. The lowest BCUT2D eigenvalue weighted by atomic mass is 10.1. The number of ether oxygens (including phenoxy) is 1. The maximum absolute atomic E-state index is 5.65. The van der Waals surface area contributed by atoms with Crippen LogP contribution >= 0.6 is 11.6 Å². The molecule has 1 N–H and O–H groups in total.